The number of esters is 2. The zero-order chi connectivity index (χ0) is 16.2. The van der Waals surface area contributed by atoms with Gasteiger partial charge >= 0.3 is 11.9 Å². The topological polar surface area (TPSA) is 81.7 Å². The first-order chi connectivity index (χ1) is 11.1. The molecule has 1 fully saturated rings. The summed E-state index contributed by atoms with van der Waals surface area (Å²) in [6.07, 6.45) is -0.511. The van der Waals surface area contributed by atoms with Crippen LogP contribution in [0.3, 0.4) is 0 Å². The zero-order valence-corrected chi connectivity index (χ0v) is 12.3. The highest BCUT2D eigenvalue weighted by atomic mass is 16.6. The van der Waals surface area contributed by atoms with Gasteiger partial charge in [0.05, 0.1) is 6.61 Å². The maximum Gasteiger partial charge on any atom is 0.347 e. The number of ether oxygens (including phenoxy) is 2. The number of nitrogens with one attached hydrogen (secondary N) is 1. The highest BCUT2D eigenvalue weighted by Gasteiger charge is 2.30. The molecule has 0 unspecified atom stereocenters. The van der Waals surface area contributed by atoms with Crippen LogP contribution in [0.4, 0.5) is 0 Å². The van der Waals surface area contributed by atoms with Crippen molar-refractivity contribution in [3.63, 3.8) is 0 Å². The lowest BCUT2D eigenvalue weighted by Crippen LogP contribution is -2.33. The Kier molecular flexibility index (Phi) is 4.23. The second-order valence-corrected chi connectivity index (χ2v) is 5.18. The van der Waals surface area contributed by atoms with Gasteiger partial charge in [0.15, 0.2) is 0 Å². The minimum absolute atomic E-state index is 0.250. The minimum Gasteiger partial charge on any atom is -0.463 e. The van der Waals surface area contributed by atoms with Crippen LogP contribution in [-0.2, 0) is 19.1 Å². The van der Waals surface area contributed by atoms with Gasteiger partial charge in [0.1, 0.15) is 6.54 Å². The van der Waals surface area contributed by atoms with E-state index >= 15 is 0 Å². The van der Waals surface area contributed by atoms with E-state index in [1.54, 1.807) is 12.1 Å². The van der Waals surface area contributed by atoms with Crippen molar-refractivity contribution in [3.05, 3.63) is 48.0 Å². The molecule has 0 saturated carbocycles. The number of benzene rings is 2. The van der Waals surface area contributed by atoms with Crippen molar-refractivity contribution in [2.75, 3.05) is 13.2 Å². The van der Waals surface area contributed by atoms with Crippen LogP contribution in [0.25, 0.3) is 10.8 Å². The fraction of sp³-hybridized carbons (Fsp3) is 0.235. The highest BCUT2D eigenvalue weighted by Crippen LogP contribution is 2.15. The Balaban J connectivity index is 1.57. The summed E-state index contributed by atoms with van der Waals surface area (Å²) in [6.45, 7) is -0.0460. The van der Waals surface area contributed by atoms with Crippen LogP contribution in [0.15, 0.2) is 42.5 Å². The van der Waals surface area contributed by atoms with Gasteiger partial charge in [0, 0.05) is 12.0 Å². The predicted octanol–water partition coefficient (Wildman–Crippen LogP) is 1.43. The lowest BCUT2D eigenvalue weighted by Gasteiger charge is -2.09. The molecule has 6 nitrogen and oxygen atoms in total. The van der Waals surface area contributed by atoms with Gasteiger partial charge in [-0.1, -0.05) is 30.3 Å². The summed E-state index contributed by atoms with van der Waals surface area (Å²) in [5.74, 6) is -1.58. The summed E-state index contributed by atoms with van der Waals surface area (Å²) in [5, 5.41) is 4.46. The van der Waals surface area contributed by atoms with Gasteiger partial charge < -0.3 is 14.8 Å². The van der Waals surface area contributed by atoms with Crippen molar-refractivity contribution in [1.82, 2.24) is 5.32 Å². The lowest BCUT2D eigenvalue weighted by molar-refractivity contribution is -0.159. The van der Waals surface area contributed by atoms with Crippen molar-refractivity contribution in [2.45, 2.75) is 12.5 Å². The van der Waals surface area contributed by atoms with Crippen molar-refractivity contribution < 1.29 is 23.9 Å². The third-order valence-electron chi connectivity index (χ3n) is 3.57. The normalized spacial score (nSPS) is 16.9. The molecule has 0 spiro atoms. The Morgan fingerprint density at radius 3 is 2.70 bits per heavy atom. The van der Waals surface area contributed by atoms with E-state index in [-0.39, 0.29) is 19.1 Å². The summed E-state index contributed by atoms with van der Waals surface area (Å²) in [6, 6.07) is 13.0. The molecular weight excluding hydrogens is 298 g/mol. The van der Waals surface area contributed by atoms with E-state index in [1.165, 1.54) is 0 Å². The highest BCUT2D eigenvalue weighted by molar-refractivity contribution is 5.99. The SMILES string of the molecule is O=C(CNC(=O)c1ccc2ccccc2c1)O[C@@H]1CCOC1=O. The molecule has 0 radical (unpaired) electrons. The fourth-order valence-corrected chi connectivity index (χ4v) is 2.37. The van der Waals surface area contributed by atoms with Crippen LogP contribution < -0.4 is 5.32 Å². The van der Waals surface area contributed by atoms with Crippen LogP contribution in [0.1, 0.15) is 16.8 Å². The molecule has 1 saturated heterocycles. The van der Waals surface area contributed by atoms with Crippen LogP contribution in [-0.4, -0.2) is 37.1 Å². The Labute approximate surface area is 132 Å². The monoisotopic (exact) mass is 313 g/mol. The van der Waals surface area contributed by atoms with Gasteiger partial charge in [-0.25, -0.2) is 4.79 Å². The van der Waals surface area contributed by atoms with Crippen molar-refractivity contribution in [2.24, 2.45) is 0 Å². The molecule has 118 valence electrons. The summed E-state index contributed by atoms with van der Waals surface area (Å²) in [4.78, 5) is 34.9. The number of fused-ring (bicyclic) bond motifs is 1. The van der Waals surface area contributed by atoms with Gasteiger partial charge in [-0.05, 0) is 22.9 Å². The van der Waals surface area contributed by atoms with E-state index < -0.39 is 18.0 Å². The second-order valence-electron chi connectivity index (χ2n) is 5.18. The van der Waals surface area contributed by atoms with Crippen molar-refractivity contribution >= 4 is 28.6 Å². The second kappa shape index (κ2) is 6.48. The lowest BCUT2D eigenvalue weighted by atomic mass is 10.1. The van der Waals surface area contributed by atoms with Gasteiger partial charge in [0.2, 0.25) is 6.10 Å². The van der Waals surface area contributed by atoms with E-state index in [4.69, 9.17) is 9.47 Å². The summed E-state index contributed by atoms with van der Waals surface area (Å²) in [5.41, 5.74) is 0.455. The molecule has 1 aliphatic rings. The summed E-state index contributed by atoms with van der Waals surface area (Å²) >= 11 is 0. The average Bonchev–Trinajstić information content (AvgIpc) is 2.97. The van der Waals surface area contributed by atoms with Gasteiger partial charge in [-0.2, -0.15) is 0 Å². The zero-order valence-electron chi connectivity index (χ0n) is 12.3. The largest absolute Gasteiger partial charge is 0.463 e. The standard InChI is InChI=1S/C17H15NO5/c19-15(23-14-7-8-22-17(14)21)10-18-16(20)13-6-5-11-3-1-2-4-12(11)9-13/h1-6,9,14H,7-8,10H2,(H,18,20)/t14-/m1/s1. The molecule has 2 aromatic carbocycles. The molecule has 0 aromatic heterocycles. The molecule has 1 atom stereocenters. The van der Waals surface area contributed by atoms with Crippen LogP contribution in [0.5, 0.6) is 0 Å². The average molecular weight is 313 g/mol. The minimum atomic E-state index is -0.861. The Morgan fingerprint density at radius 1 is 1.17 bits per heavy atom. The first-order valence-electron chi connectivity index (χ1n) is 7.26. The molecule has 1 heterocycles. The van der Waals surface area contributed by atoms with E-state index in [0.29, 0.717) is 12.0 Å². The van der Waals surface area contributed by atoms with Crippen LogP contribution in [0, 0.1) is 0 Å². The molecule has 2 aromatic rings. The smallest absolute Gasteiger partial charge is 0.347 e. The Bertz CT molecular complexity index is 770. The van der Waals surface area contributed by atoms with E-state index in [1.807, 2.05) is 30.3 Å². The van der Waals surface area contributed by atoms with Gasteiger partial charge in [-0.15, -0.1) is 0 Å². The number of cyclic esters (lactones) is 1. The van der Waals surface area contributed by atoms with Crippen molar-refractivity contribution in [1.29, 1.82) is 0 Å². The molecule has 1 amide bonds. The summed E-state index contributed by atoms with van der Waals surface area (Å²) in [7, 11) is 0. The molecule has 1 N–H and O–H groups in total. The van der Waals surface area contributed by atoms with E-state index in [0.717, 1.165) is 10.8 Å². The molecule has 3 rings (SSSR count). The maximum atomic E-state index is 12.1. The quantitative estimate of drug-likeness (QED) is 0.864. The van der Waals surface area contributed by atoms with Gasteiger partial charge in [-0.3, -0.25) is 9.59 Å². The fourth-order valence-electron chi connectivity index (χ4n) is 2.37. The van der Waals surface area contributed by atoms with Gasteiger partial charge in [0.25, 0.3) is 5.91 Å². The number of amides is 1. The summed E-state index contributed by atoms with van der Waals surface area (Å²) < 4.78 is 9.65. The number of rotatable bonds is 4. The number of carbonyl (C=O) groups excluding carboxylic acids is 3. The van der Waals surface area contributed by atoms with E-state index in [2.05, 4.69) is 5.32 Å². The Morgan fingerprint density at radius 2 is 1.96 bits per heavy atom. The molecule has 6 heteroatoms. The predicted molar refractivity (Wildman–Crippen MR) is 81.7 cm³/mol. The first-order valence-corrected chi connectivity index (χ1v) is 7.26. The number of hydrogen-bond donors (Lipinski definition) is 1. The molecular formula is C17H15NO5. The van der Waals surface area contributed by atoms with Crippen molar-refractivity contribution in [3.8, 4) is 0 Å². The molecule has 23 heavy (non-hydrogen) atoms. The molecule has 1 aliphatic heterocycles. The first kappa shape index (κ1) is 15.0. The van der Waals surface area contributed by atoms with E-state index in [9.17, 15) is 14.4 Å². The molecule has 0 bridgehead atoms. The Hall–Kier alpha value is -2.89. The maximum absolute atomic E-state index is 12.1. The van der Waals surface area contributed by atoms with Crippen LogP contribution in [0.2, 0.25) is 0 Å². The number of carbonyl (C=O) groups is 3. The number of hydrogen-bond acceptors (Lipinski definition) is 5. The molecule has 0 aliphatic carbocycles. The van der Waals surface area contributed by atoms with Crippen LogP contribution >= 0.6 is 0 Å². The third kappa shape index (κ3) is 3.48. The third-order valence-corrected chi connectivity index (χ3v) is 3.57.